The van der Waals surface area contributed by atoms with E-state index in [-0.39, 0.29) is 10.7 Å². The molecule has 0 radical (unpaired) electrons. The van der Waals surface area contributed by atoms with Crippen molar-refractivity contribution in [1.82, 2.24) is 19.8 Å². The Morgan fingerprint density at radius 1 is 1.25 bits per heavy atom. The molecule has 4 N–H and O–H groups in total. The molecule has 2 saturated heterocycles. The quantitative estimate of drug-likeness (QED) is 0.339. The summed E-state index contributed by atoms with van der Waals surface area (Å²) in [4.78, 5) is 29.5. The fraction of sp³-hybridized carbons (Fsp3) is 0.727. The summed E-state index contributed by atoms with van der Waals surface area (Å²) in [7, 11) is -6.71. The molecule has 0 aromatic carbocycles. The molecular formula is C22H37N5O7SSi. The Hall–Kier alpha value is -1.81. The van der Waals surface area contributed by atoms with Crippen molar-refractivity contribution in [3.05, 3.63) is 43.7 Å². The van der Waals surface area contributed by atoms with Crippen LogP contribution in [0, 0.1) is 6.92 Å². The minimum absolute atomic E-state index is 0.0250. The van der Waals surface area contributed by atoms with Gasteiger partial charge in [-0.1, -0.05) is 20.8 Å². The van der Waals surface area contributed by atoms with Crippen LogP contribution in [0.1, 0.15) is 32.6 Å². The Bertz CT molecular complexity index is 1260. The molecule has 1 spiro atoms. The van der Waals surface area contributed by atoms with E-state index in [0.29, 0.717) is 12.1 Å². The van der Waals surface area contributed by atoms with Crippen molar-refractivity contribution >= 4 is 18.4 Å². The third kappa shape index (κ3) is 4.75. The number of aryl methyl sites for hydroxylation is 1. The lowest BCUT2D eigenvalue weighted by molar-refractivity contribution is -0.0508. The van der Waals surface area contributed by atoms with E-state index in [2.05, 4.69) is 36.0 Å². The van der Waals surface area contributed by atoms with Gasteiger partial charge in [-0.2, -0.15) is 8.42 Å². The van der Waals surface area contributed by atoms with Crippen molar-refractivity contribution in [3.63, 3.8) is 0 Å². The van der Waals surface area contributed by atoms with Gasteiger partial charge in [0, 0.05) is 44.5 Å². The number of nitrogens with one attached hydrogen (secondary N) is 2. The molecule has 12 nitrogen and oxygen atoms in total. The van der Waals surface area contributed by atoms with E-state index in [1.807, 2.05) is 13.1 Å². The zero-order valence-electron chi connectivity index (χ0n) is 21.7. The number of hydrogen-bond acceptors (Lipinski definition) is 10. The summed E-state index contributed by atoms with van der Waals surface area (Å²) in [5.74, 6) is 0. The van der Waals surface area contributed by atoms with E-state index >= 15 is 0 Å². The van der Waals surface area contributed by atoms with Gasteiger partial charge in [0.2, 0.25) is 0 Å². The number of ether oxygens (including phenoxy) is 1. The number of H-pyrrole nitrogens is 1. The average Bonchev–Trinajstić information content (AvgIpc) is 3.17. The number of aromatic amines is 1. The molecule has 4 heterocycles. The molecule has 36 heavy (non-hydrogen) atoms. The molecule has 4 atom stereocenters. The van der Waals surface area contributed by atoms with Gasteiger partial charge in [0.1, 0.15) is 12.2 Å². The number of piperazine rings is 1. The van der Waals surface area contributed by atoms with Crippen molar-refractivity contribution in [3.8, 4) is 0 Å². The number of rotatable bonds is 5. The minimum Gasteiger partial charge on any atom is -0.406 e. The largest absolute Gasteiger partial charge is 0.406 e. The van der Waals surface area contributed by atoms with E-state index in [4.69, 9.17) is 19.1 Å². The maximum absolute atomic E-state index is 13.0. The van der Waals surface area contributed by atoms with Gasteiger partial charge >= 0.3 is 5.69 Å². The van der Waals surface area contributed by atoms with Crippen molar-refractivity contribution < 1.29 is 21.8 Å². The summed E-state index contributed by atoms with van der Waals surface area (Å²) in [6.45, 7) is 15.1. The highest BCUT2D eigenvalue weighted by Crippen LogP contribution is 2.51. The van der Waals surface area contributed by atoms with E-state index in [1.54, 1.807) is 6.92 Å². The normalized spacial score (nSPS) is 31.2. The minimum atomic E-state index is -4.12. The molecule has 1 aromatic rings. The second-order valence-corrected chi connectivity index (χ2v) is 17.4. The van der Waals surface area contributed by atoms with Crippen LogP contribution in [0.15, 0.2) is 26.9 Å². The second-order valence-electron chi connectivity index (χ2n) is 11.3. The molecule has 0 bridgehead atoms. The molecule has 1 aromatic heterocycles. The van der Waals surface area contributed by atoms with Gasteiger partial charge in [-0.05, 0) is 25.1 Å². The molecule has 14 heteroatoms. The summed E-state index contributed by atoms with van der Waals surface area (Å²) < 4.78 is 45.8. The standard InChI is InChI=1S/C22H37N5O7SSi/c1-14-11-27(20(29)25-18(14)28)19-17(33-36(5,6)21(2,3)4)22(15(23)13-35(30,31)34-22)16(32-19)12-26-9-7-24-8-10-26/h11,13,16-17,19,24H,7-10,12,23H2,1-6H3,(H,25,28,29)/t16-,17+,19-,22-/m1/s1. The number of hydrogen-bond donors (Lipinski definition) is 3. The Morgan fingerprint density at radius 3 is 2.44 bits per heavy atom. The van der Waals surface area contributed by atoms with Crippen LogP contribution in [0.2, 0.25) is 18.1 Å². The molecule has 3 aliphatic rings. The molecule has 0 unspecified atom stereocenters. The van der Waals surface area contributed by atoms with E-state index < -0.39 is 53.7 Å². The zero-order chi connectivity index (χ0) is 26.7. The van der Waals surface area contributed by atoms with Crippen LogP contribution in [-0.2, 0) is 23.5 Å². The highest BCUT2D eigenvalue weighted by molar-refractivity contribution is 7.90. The van der Waals surface area contributed by atoms with Gasteiger partial charge in [0.25, 0.3) is 15.7 Å². The molecule has 3 aliphatic heterocycles. The van der Waals surface area contributed by atoms with Crippen molar-refractivity contribution in [1.29, 1.82) is 0 Å². The third-order valence-corrected chi connectivity index (χ3v) is 13.2. The number of nitrogens with zero attached hydrogens (tertiary/aromatic N) is 2. The zero-order valence-corrected chi connectivity index (χ0v) is 23.5. The maximum Gasteiger partial charge on any atom is 0.330 e. The predicted octanol–water partition coefficient (Wildman–Crippen LogP) is -0.0631. The number of nitrogens with two attached hydrogens (primary N) is 1. The van der Waals surface area contributed by atoms with Crippen LogP contribution >= 0.6 is 0 Å². The summed E-state index contributed by atoms with van der Waals surface area (Å²) >= 11 is 0. The molecule has 0 saturated carbocycles. The fourth-order valence-corrected chi connectivity index (χ4v) is 7.14. The van der Waals surface area contributed by atoms with Gasteiger partial charge < -0.3 is 20.2 Å². The first-order valence-electron chi connectivity index (χ1n) is 12.1. The summed E-state index contributed by atoms with van der Waals surface area (Å²) in [6, 6.07) is 0. The Labute approximate surface area is 212 Å². The van der Waals surface area contributed by atoms with Gasteiger partial charge in [0.05, 0.1) is 11.1 Å². The molecular weight excluding hydrogens is 506 g/mol. The molecule has 0 amide bonds. The fourth-order valence-electron chi connectivity index (χ4n) is 4.63. The van der Waals surface area contributed by atoms with Gasteiger partial charge in [-0.3, -0.25) is 19.2 Å². The highest BCUT2D eigenvalue weighted by Gasteiger charge is 2.67. The first-order chi connectivity index (χ1) is 16.6. The molecule has 4 rings (SSSR count). The number of aromatic nitrogens is 2. The lowest BCUT2D eigenvalue weighted by Crippen LogP contribution is -2.60. The Morgan fingerprint density at radius 2 is 1.89 bits per heavy atom. The topological polar surface area (TPSA) is 158 Å². The predicted molar refractivity (Wildman–Crippen MR) is 136 cm³/mol. The average molecular weight is 544 g/mol. The Kier molecular flexibility index (Phi) is 6.95. The van der Waals surface area contributed by atoms with Crippen molar-refractivity contribution in [2.75, 3.05) is 32.7 Å². The summed E-state index contributed by atoms with van der Waals surface area (Å²) in [5, 5.41) is 3.94. The van der Waals surface area contributed by atoms with Crippen LogP contribution in [0.5, 0.6) is 0 Å². The summed E-state index contributed by atoms with van der Waals surface area (Å²) in [6.07, 6.45) is -1.61. The molecule has 2 fully saturated rings. The Balaban J connectivity index is 1.89. The molecule has 0 aliphatic carbocycles. The third-order valence-electron chi connectivity index (χ3n) is 7.72. The van der Waals surface area contributed by atoms with E-state index in [0.717, 1.165) is 31.6 Å². The van der Waals surface area contributed by atoms with E-state index in [1.165, 1.54) is 10.8 Å². The maximum atomic E-state index is 13.0. The van der Waals surface area contributed by atoms with E-state index in [9.17, 15) is 18.0 Å². The van der Waals surface area contributed by atoms with Crippen LogP contribution in [0.25, 0.3) is 0 Å². The van der Waals surface area contributed by atoms with Gasteiger partial charge in [0.15, 0.2) is 20.1 Å². The highest BCUT2D eigenvalue weighted by atomic mass is 32.2. The van der Waals surface area contributed by atoms with Crippen LogP contribution in [0.3, 0.4) is 0 Å². The lowest BCUT2D eigenvalue weighted by Gasteiger charge is -2.43. The monoisotopic (exact) mass is 543 g/mol. The van der Waals surface area contributed by atoms with Crippen molar-refractivity contribution in [2.45, 2.75) is 69.9 Å². The van der Waals surface area contributed by atoms with Crippen LogP contribution < -0.4 is 22.3 Å². The second kappa shape index (κ2) is 9.18. The van der Waals surface area contributed by atoms with Crippen molar-refractivity contribution in [2.24, 2.45) is 5.73 Å². The lowest BCUT2D eigenvalue weighted by atomic mass is 9.88. The van der Waals surface area contributed by atoms with Crippen LogP contribution in [0.4, 0.5) is 0 Å². The summed E-state index contributed by atoms with van der Waals surface area (Å²) in [5.41, 5.74) is 3.83. The SMILES string of the molecule is Cc1cn([C@@H]2O[C@H](CN3CCNCC3)[C@@]3(OS(=O)(=O)C=C3N)[C@H]2O[Si](C)(C)C(C)(C)C)c(=O)[nH]c1=O. The van der Waals surface area contributed by atoms with Gasteiger partial charge in [-0.15, -0.1) is 0 Å². The van der Waals surface area contributed by atoms with Crippen LogP contribution in [-0.4, -0.2) is 81.7 Å². The first-order valence-corrected chi connectivity index (χ1v) is 16.5. The molecule has 202 valence electrons. The van der Waals surface area contributed by atoms with Gasteiger partial charge in [-0.25, -0.2) is 8.98 Å². The first kappa shape index (κ1) is 27.2. The smallest absolute Gasteiger partial charge is 0.330 e.